The molecule has 5 nitrogen and oxygen atoms in total. The van der Waals surface area contributed by atoms with Gasteiger partial charge in [0.05, 0.1) is 13.2 Å². The molecule has 0 amide bonds. The molecule has 0 radical (unpaired) electrons. The highest BCUT2D eigenvalue weighted by Gasteiger charge is 2.35. The molecule has 1 aromatic rings. The number of hydrogen-bond acceptors (Lipinski definition) is 3. The third-order valence-electron chi connectivity index (χ3n) is 5.59. The zero-order chi connectivity index (χ0) is 17.4. The summed E-state index contributed by atoms with van der Waals surface area (Å²) in [5, 5.41) is 7.05. The highest BCUT2D eigenvalue weighted by Crippen LogP contribution is 2.40. The number of rotatable bonds is 6. The van der Waals surface area contributed by atoms with E-state index in [-0.39, 0.29) is 5.41 Å². The van der Waals surface area contributed by atoms with Crippen LogP contribution in [0.15, 0.2) is 35.3 Å². The summed E-state index contributed by atoms with van der Waals surface area (Å²) in [4.78, 5) is 6.84. The largest absolute Gasteiger partial charge is 0.379 e. The zero-order valence-electron chi connectivity index (χ0n) is 15.5. The minimum Gasteiger partial charge on any atom is -0.379 e. The third-order valence-corrected chi connectivity index (χ3v) is 5.59. The van der Waals surface area contributed by atoms with Crippen molar-refractivity contribution in [2.24, 2.45) is 4.99 Å². The molecule has 25 heavy (non-hydrogen) atoms. The van der Waals surface area contributed by atoms with E-state index >= 15 is 0 Å². The molecule has 1 aliphatic carbocycles. The summed E-state index contributed by atoms with van der Waals surface area (Å²) >= 11 is 0. The molecule has 1 aromatic carbocycles. The van der Waals surface area contributed by atoms with Crippen LogP contribution in [0.1, 0.15) is 31.2 Å². The van der Waals surface area contributed by atoms with Crippen LogP contribution in [0.25, 0.3) is 0 Å². The fourth-order valence-electron chi connectivity index (χ4n) is 4.04. The van der Waals surface area contributed by atoms with Crippen molar-refractivity contribution >= 4 is 5.96 Å². The van der Waals surface area contributed by atoms with Gasteiger partial charge in [0.2, 0.25) is 0 Å². The second-order valence-electron chi connectivity index (χ2n) is 7.16. The molecule has 2 aliphatic rings. The van der Waals surface area contributed by atoms with Gasteiger partial charge in [-0.05, 0) is 18.4 Å². The van der Waals surface area contributed by atoms with Gasteiger partial charge in [-0.2, -0.15) is 0 Å². The van der Waals surface area contributed by atoms with E-state index in [2.05, 4.69) is 50.9 Å². The zero-order valence-corrected chi connectivity index (χ0v) is 15.5. The van der Waals surface area contributed by atoms with Gasteiger partial charge in [-0.25, -0.2) is 0 Å². The Balaban J connectivity index is 1.49. The number of hydrogen-bond donors (Lipinski definition) is 2. The highest BCUT2D eigenvalue weighted by atomic mass is 16.5. The van der Waals surface area contributed by atoms with Crippen LogP contribution < -0.4 is 10.6 Å². The molecule has 0 spiro atoms. The second kappa shape index (κ2) is 9.20. The van der Waals surface area contributed by atoms with E-state index in [0.29, 0.717) is 0 Å². The Morgan fingerprint density at radius 1 is 1.12 bits per heavy atom. The van der Waals surface area contributed by atoms with Gasteiger partial charge < -0.3 is 15.4 Å². The van der Waals surface area contributed by atoms with E-state index in [9.17, 15) is 0 Å². The molecule has 1 aliphatic heterocycles. The van der Waals surface area contributed by atoms with Crippen LogP contribution in [0.3, 0.4) is 0 Å². The topological polar surface area (TPSA) is 48.9 Å². The normalized spacial score (nSPS) is 21.2. The Kier molecular flexibility index (Phi) is 6.70. The van der Waals surface area contributed by atoms with Crippen molar-refractivity contribution < 1.29 is 4.74 Å². The van der Waals surface area contributed by atoms with Gasteiger partial charge in [0.1, 0.15) is 0 Å². The summed E-state index contributed by atoms with van der Waals surface area (Å²) < 4.78 is 5.40. The lowest BCUT2D eigenvalue weighted by Gasteiger charge is -2.31. The molecular formula is C20H32N4O. The van der Waals surface area contributed by atoms with Crippen molar-refractivity contribution in [2.45, 2.75) is 31.1 Å². The third kappa shape index (κ3) is 4.95. The molecule has 0 atom stereocenters. The fourth-order valence-corrected chi connectivity index (χ4v) is 4.04. The van der Waals surface area contributed by atoms with Crippen LogP contribution in [-0.2, 0) is 10.2 Å². The Morgan fingerprint density at radius 2 is 1.84 bits per heavy atom. The molecule has 0 bridgehead atoms. The molecule has 0 unspecified atom stereocenters. The Bertz CT molecular complexity index is 534. The number of benzene rings is 1. The summed E-state index contributed by atoms with van der Waals surface area (Å²) in [5.74, 6) is 0.912. The van der Waals surface area contributed by atoms with Crippen LogP contribution in [0.2, 0.25) is 0 Å². The average Bonchev–Trinajstić information content (AvgIpc) is 3.16. The molecule has 5 heteroatoms. The first-order valence-corrected chi connectivity index (χ1v) is 9.63. The lowest BCUT2D eigenvalue weighted by Crippen LogP contribution is -2.47. The Labute approximate surface area is 151 Å². The van der Waals surface area contributed by atoms with Gasteiger partial charge in [-0.15, -0.1) is 0 Å². The second-order valence-corrected chi connectivity index (χ2v) is 7.16. The van der Waals surface area contributed by atoms with E-state index in [4.69, 9.17) is 4.74 Å². The molecule has 2 fully saturated rings. The summed E-state index contributed by atoms with van der Waals surface area (Å²) in [6.07, 6.45) is 5.16. The van der Waals surface area contributed by atoms with Crippen molar-refractivity contribution in [3.63, 3.8) is 0 Å². The SMILES string of the molecule is CN=C(NCCN1CCOCC1)NCC1(c2ccccc2)CCCC1. The van der Waals surface area contributed by atoms with Crippen molar-refractivity contribution in [3.05, 3.63) is 35.9 Å². The molecule has 0 aromatic heterocycles. The van der Waals surface area contributed by atoms with E-state index in [0.717, 1.165) is 51.9 Å². The quantitative estimate of drug-likeness (QED) is 0.612. The van der Waals surface area contributed by atoms with E-state index in [1.165, 1.54) is 31.2 Å². The van der Waals surface area contributed by atoms with Crippen LogP contribution in [0.5, 0.6) is 0 Å². The summed E-state index contributed by atoms with van der Waals surface area (Å²) in [6, 6.07) is 11.0. The molecule has 1 heterocycles. The molecule has 2 N–H and O–H groups in total. The van der Waals surface area contributed by atoms with E-state index in [1.54, 1.807) is 0 Å². The minimum atomic E-state index is 0.253. The van der Waals surface area contributed by atoms with Crippen LogP contribution in [0.4, 0.5) is 0 Å². The number of guanidine groups is 1. The molecule has 3 rings (SSSR count). The van der Waals surface area contributed by atoms with Crippen molar-refractivity contribution in [3.8, 4) is 0 Å². The molecular weight excluding hydrogens is 312 g/mol. The average molecular weight is 345 g/mol. The number of nitrogens with one attached hydrogen (secondary N) is 2. The first-order chi connectivity index (χ1) is 12.3. The molecule has 1 saturated carbocycles. The lowest BCUT2D eigenvalue weighted by atomic mass is 9.79. The lowest BCUT2D eigenvalue weighted by molar-refractivity contribution is 0.0389. The fraction of sp³-hybridized carbons (Fsp3) is 0.650. The molecule has 138 valence electrons. The Hall–Kier alpha value is -1.59. The summed E-state index contributed by atoms with van der Waals surface area (Å²) in [5.41, 5.74) is 1.71. The van der Waals surface area contributed by atoms with Gasteiger partial charge in [0, 0.05) is 45.2 Å². The monoisotopic (exact) mass is 344 g/mol. The van der Waals surface area contributed by atoms with Crippen molar-refractivity contribution in [1.82, 2.24) is 15.5 Å². The first-order valence-electron chi connectivity index (χ1n) is 9.63. The number of nitrogens with zero attached hydrogens (tertiary/aromatic N) is 2. The summed E-state index contributed by atoms with van der Waals surface area (Å²) in [6.45, 7) is 6.68. The van der Waals surface area contributed by atoms with Gasteiger partial charge in [0.25, 0.3) is 0 Å². The van der Waals surface area contributed by atoms with Gasteiger partial charge in [-0.3, -0.25) is 9.89 Å². The predicted molar refractivity (Wildman–Crippen MR) is 103 cm³/mol. The van der Waals surface area contributed by atoms with Crippen molar-refractivity contribution in [2.75, 3.05) is 53.0 Å². The Morgan fingerprint density at radius 3 is 2.52 bits per heavy atom. The maximum absolute atomic E-state index is 5.40. The summed E-state index contributed by atoms with van der Waals surface area (Å²) in [7, 11) is 1.86. The smallest absolute Gasteiger partial charge is 0.191 e. The van der Waals surface area contributed by atoms with E-state index < -0.39 is 0 Å². The van der Waals surface area contributed by atoms with Crippen LogP contribution in [-0.4, -0.2) is 63.8 Å². The van der Waals surface area contributed by atoms with Gasteiger partial charge in [0.15, 0.2) is 5.96 Å². The molecule has 1 saturated heterocycles. The maximum Gasteiger partial charge on any atom is 0.191 e. The highest BCUT2D eigenvalue weighted by molar-refractivity contribution is 5.79. The van der Waals surface area contributed by atoms with Crippen LogP contribution >= 0.6 is 0 Å². The minimum absolute atomic E-state index is 0.253. The maximum atomic E-state index is 5.40. The van der Waals surface area contributed by atoms with E-state index in [1.807, 2.05) is 7.05 Å². The van der Waals surface area contributed by atoms with Gasteiger partial charge >= 0.3 is 0 Å². The van der Waals surface area contributed by atoms with Gasteiger partial charge in [-0.1, -0.05) is 43.2 Å². The van der Waals surface area contributed by atoms with Crippen LogP contribution in [0, 0.1) is 0 Å². The number of morpholine rings is 1. The first kappa shape index (κ1) is 18.2. The predicted octanol–water partition coefficient (Wildman–Crippen LogP) is 2.00. The number of ether oxygens (including phenoxy) is 1. The standard InChI is InChI=1S/C20H32N4O/c1-21-19(22-11-12-24-13-15-25-16-14-24)23-17-20(9-5-6-10-20)18-7-3-2-4-8-18/h2-4,7-8H,5-6,9-17H2,1H3,(H2,21,22,23). The number of aliphatic imine (C=N–C) groups is 1. The van der Waals surface area contributed by atoms with Crippen molar-refractivity contribution in [1.29, 1.82) is 0 Å².